The van der Waals surface area contributed by atoms with Crippen LogP contribution >= 0.6 is 11.3 Å². The minimum atomic E-state index is -0.775. The van der Waals surface area contributed by atoms with Gasteiger partial charge in [0.25, 0.3) is 0 Å². The van der Waals surface area contributed by atoms with E-state index in [0.717, 1.165) is 17.7 Å². The summed E-state index contributed by atoms with van der Waals surface area (Å²) < 4.78 is 0. The predicted octanol–water partition coefficient (Wildman–Crippen LogP) is 2.25. The Morgan fingerprint density at radius 3 is 2.62 bits per heavy atom. The molecule has 0 aliphatic heterocycles. The lowest BCUT2D eigenvalue weighted by Crippen LogP contribution is -2.40. The Kier molecular flexibility index (Phi) is 3.47. The molecule has 1 aromatic rings. The van der Waals surface area contributed by atoms with E-state index in [2.05, 4.69) is 6.92 Å². The molecular weight excluding hydrogens is 182 g/mol. The zero-order valence-electron chi connectivity index (χ0n) is 8.45. The van der Waals surface area contributed by atoms with Gasteiger partial charge in [0.2, 0.25) is 0 Å². The van der Waals surface area contributed by atoms with E-state index in [1.807, 2.05) is 36.5 Å². The Hall–Kier alpha value is -0.380. The lowest BCUT2D eigenvalue weighted by Gasteiger charge is -2.33. The van der Waals surface area contributed by atoms with Gasteiger partial charge in [0.05, 0.1) is 4.88 Å². The van der Waals surface area contributed by atoms with Crippen molar-refractivity contribution in [2.75, 3.05) is 14.1 Å². The van der Waals surface area contributed by atoms with Crippen molar-refractivity contribution in [2.45, 2.75) is 25.5 Å². The summed E-state index contributed by atoms with van der Waals surface area (Å²) in [4.78, 5) is 2.90. The summed E-state index contributed by atoms with van der Waals surface area (Å²) in [6.07, 6.45) is 1.76. The first-order valence-corrected chi connectivity index (χ1v) is 5.43. The van der Waals surface area contributed by atoms with Gasteiger partial charge in [-0.3, -0.25) is 4.90 Å². The van der Waals surface area contributed by atoms with Gasteiger partial charge in [-0.2, -0.15) is 0 Å². The number of hydrogen-bond donors (Lipinski definition) is 1. The van der Waals surface area contributed by atoms with E-state index in [1.165, 1.54) is 0 Å². The van der Waals surface area contributed by atoms with Crippen molar-refractivity contribution < 1.29 is 5.11 Å². The fourth-order valence-electron chi connectivity index (χ4n) is 1.42. The van der Waals surface area contributed by atoms with E-state index in [1.54, 1.807) is 11.3 Å². The van der Waals surface area contributed by atoms with Crippen LogP contribution in [0.3, 0.4) is 0 Å². The molecule has 0 bridgehead atoms. The van der Waals surface area contributed by atoms with Gasteiger partial charge in [-0.1, -0.05) is 19.4 Å². The molecular formula is C10H17NOS. The summed E-state index contributed by atoms with van der Waals surface area (Å²) >= 11 is 1.61. The molecule has 0 fully saturated rings. The second kappa shape index (κ2) is 4.22. The molecule has 1 unspecified atom stereocenters. The van der Waals surface area contributed by atoms with Crippen LogP contribution in [0.1, 0.15) is 24.6 Å². The van der Waals surface area contributed by atoms with Crippen molar-refractivity contribution in [1.29, 1.82) is 0 Å². The molecule has 0 aliphatic carbocycles. The van der Waals surface area contributed by atoms with Crippen molar-refractivity contribution in [3.63, 3.8) is 0 Å². The van der Waals surface area contributed by atoms with Crippen LogP contribution in [-0.4, -0.2) is 24.1 Å². The largest absolute Gasteiger partial charge is 0.370 e. The van der Waals surface area contributed by atoms with Crippen LogP contribution in [0, 0.1) is 0 Å². The molecule has 0 aliphatic rings. The first-order chi connectivity index (χ1) is 6.11. The minimum Gasteiger partial charge on any atom is -0.370 e. The van der Waals surface area contributed by atoms with E-state index in [0.29, 0.717) is 0 Å². The SMILES string of the molecule is CCCC(O)(c1cccs1)N(C)C. The third-order valence-corrected chi connectivity index (χ3v) is 3.26. The van der Waals surface area contributed by atoms with Gasteiger partial charge in [0, 0.05) is 0 Å². The van der Waals surface area contributed by atoms with E-state index >= 15 is 0 Å². The van der Waals surface area contributed by atoms with Crippen LogP contribution in [0.25, 0.3) is 0 Å². The second-order valence-corrected chi connectivity index (χ2v) is 4.39. The summed E-state index contributed by atoms with van der Waals surface area (Å²) in [5.74, 6) is 0. The normalized spacial score (nSPS) is 16.1. The fourth-order valence-corrected chi connectivity index (χ4v) is 2.36. The molecule has 1 heterocycles. The molecule has 0 aromatic carbocycles. The summed E-state index contributed by atoms with van der Waals surface area (Å²) in [6, 6.07) is 3.96. The van der Waals surface area contributed by atoms with Crippen molar-refractivity contribution in [1.82, 2.24) is 4.90 Å². The van der Waals surface area contributed by atoms with E-state index in [4.69, 9.17) is 0 Å². The van der Waals surface area contributed by atoms with Gasteiger partial charge in [0.15, 0.2) is 5.72 Å². The lowest BCUT2D eigenvalue weighted by atomic mass is 10.1. The number of thiophene rings is 1. The molecule has 74 valence electrons. The molecule has 1 aromatic heterocycles. The maximum absolute atomic E-state index is 10.4. The summed E-state index contributed by atoms with van der Waals surface area (Å²) in [7, 11) is 3.82. The van der Waals surface area contributed by atoms with Crippen LogP contribution < -0.4 is 0 Å². The highest BCUT2D eigenvalue weighted by Crippen LogP contribution is 2.31. The average Bonchev–Trinajstić information content (AvgIpc) is 2.56. The Labute approximate surface area is 83.8 Å². The van der Waals surface area contributed by atoms with E-state index in [-0.39, 0.29) is 0 Å². The molecule has 0 spiro atoms. The molecule has 13 heavy (non-hydrogen) atoms. The Balaban J connectivity index is 2.91. The monoisotopic (exact) mass is 199 g/mol. The minimum absolute atomic E-state index is 0.775. The zero-order chi connectivity index (χ0) is 9.90. The Morgan fingerprint density at radius 1 is 1.54 bits per heavy atom. The maximum Gasteiger partial charge on any atom is 0.153 e. The zero-order valence-corrected chi connectivity index (χ0v) is 9.27. The number of aliphatic hydroxyl groups is 1. The Bertz CT molecular complexity index is 245. The van der Waals surface area contributed by atoms with Crippen LogP contribution in [0.4, 0.5) is 0 Å². The van der Waals surface area contributed by atoms with Gasteiger partial charge >= 0.3 is 0 Å². The highest BCUT2D eigenvalue weighted by atomic mass is 32.1. The highest BCUT2D eigenvalue weighted by Gasteiger charge is 2.31. The molecule has 1 N–H and O–H groups in total. The number of hydrogen-bond acceptors (Lipinski definition) is 3. The van der Waals surface area contributed by atoms with Gasteiger partial charge in [0.1, 0.15) is 0 Å². The second-order valence-electron chi connectivity index (χ2n) is 3.44. The predicted molar refractivity (Wildman–Crippen MR) is 56.8 cm³/mol. The van der Waals surface area contributed by atoms with Gasteiger partial charge in [-0.05, 0) is 32.0 Å². The summed E-state index contributed by atoms with van der Waals surface area (Å²) in [6.45, 7) is 2.09. The van der Waals surface area contributed by atoms with Gasteiger partial charge in [-0.15, -0.1) is 11.3 Å². The molecule has 0 saturated heterocycles. The quantitative estimate of drug-likeness (QED) is 0.752. The number of rotatable bonds is 4. The smallest absolute Gasteiger partial charge is 0.153 e. The molecule has 2 nitrogen and oxygen atoms in total. The maximum atomic E-state index is 10.4. The summed E-state index contributed by atoms with van der Waals surface area (Å²) in [5, 5.41) is 12.4. The first kappa shape index (κ1) is 10.7. The van der Waals surface area contributed by atoms with Crippen molar-refractivity contribution >= 4 is 11.3 Å². The molecule has 3 heteroatoms. The van der Waals surface area contributed by atoms with Crippen LogP contribution in [0.5, 0.6) is 0 Å². The van der Waals surface area contributed by atoms with Crippen LogP contribution in [-0.2, 0) is 5.72 Å². The van der Waals surface area contributed by atoms with Crippen molar-refractivity contribution in [3.8, 4) is 0 Å². The standard InChI is InChI=1S/C10H17NOS/c1-4-7-10(12,11(2)3)9-6-5-8-13-9/h5-6,8,12H,4,7H2,1-3H3. The van der Waals surface area contributed by atoms with E-state index < -0.39 is 5.72 Å². The topological polar surface area (TPSA) is 23.5 Å². The third-order valence-electron chi connectivity index (χ3n) is 2.25. The molecule has 1 atom stereocenters. The molecule has 0 amide bonds. The molecule has 0 saturated carbocycles. The van der Waals surface area contributed by atoms with Crippen molar-refractivity contribution in [3.05, 3.63) is 22.4 Å². The van der Waals surface area contributed by atoms with Gasteiger partial charge < -0.3 is 5.11 Å². The van der Waals surface area contributed by atoms with Crippen LogP contribution in [0.2, 0.25) is 0 Å². The fraction of sp³-hybridized carbons (Fsp3) is 0.600. The van der Waals surface area contributed by atoms with Crippen molar-refractivity contribution in [2.24, 2.45) is 0 Å². The van der Waals surface area contributed by atoms with E-state index in [9.17, 15) is 5.11 Å². The average molecular weight is 199 g/mol. The summed E-state index contributed by atoms with van der Waals surface area (Å²) in [5.41, 5.74) is -0.775. The molecule has 0 radical (unpaired) electrons. The molecule has 1 rings (SSSR count). The number of nitrogens with zero attached hydrogens (tertiary/aromatic N) is 1. The lowest BCUT2D eigenvalue weighted by molar-refractivity contribution is -0.0933. The first-order valence-electron chi connectivity index (χ1n) is 4.55. The van der Waals surface area contributed by atoms with Crippen LogP contribution in [0.15, 0.2) is 17.5 Å². The Morgan fingerprint density at radius 2 is 2.23 bits per heavy atom. The van der Waals surface area contributed by atoms with Gasteiger partial charge in [-0.25, -0.2) is 0 Å². The highest BCUT2D eigenvalue weighted by molar-refractivity contribution is 7.10. The third kappa shape index (κ3) is 2.10.